The summed E-state index contributed by atoms with van der Waals surface area (Å²) >= 11 is 1.54. The highest BCUT2D eigenvalue weighted by molar-refractivity contribution is 8.00. The van der Waals surface area contributed by atoms with Crippen molar-refractivity contribution in [1.82, 2.24) is 0 Å². The molecule has 0 aromatic heterocycles. The van der Waals surface area contributed by atoms with Crippen LogP contribution in [-0.2, 0) is 4.79 Å². The maximum Gasteiger partial charge on any atom is 0.239 e. The number of carbonyl (C=O) groups excluding carboxylic acids is 1. The van der Waals surface area contributed by atoms with Crippen molar-refractivity contribution in [2.45, 2.75) is 23.1 Å². The first-order valence-electron chi connectivity index (χ1n) is 5.49. The van der Waals surface area contributed by atoms with Gasteiger partial charge < -0.3 is 15.7 Å². The Labute approximate surface area is 105 Å². The lowest BCUT2D eigenvalue weighted by atomic mass is 10.1. The molecule has 4 nitrogen and oxygen atoms in total. The van der Waals surface area contributed by atoms with E-state index < -0.39 is 0 Å². The number of rotatable bonds is 2. The molecule has 1 heterocycles. The van der Waals surface area contributed by atoms with E-state index in [0.717, 1.165) is 16.1 Å². The van der Waals surface area contributed by atoms with E-state index in [-0.39, 0.29) is 23.8 Å². The molecule has 0 radical (unpaired) electrons. The Morgan fingerprint density at radius 1 is 1.59 bits per heavy atom. The fourth-order valence-corrected chi connectivity index (χ4v) is 3.04. The summed E-state index contributed by atoms with van der Waals surface area (Å²) in [6, 6.07) is 5.34. The number of hydrogen-bond donors (Lipinski definition) is 2. The van der Waals surface area contributed by atoms with Crippen molar-refractivity contribution >= 4 is 23.4 Å². The third kappa shape index (κ3) is 2.18. The van der Waals surface area contributed by atoms with E-state index in [4.69, 9.17) is 10.8 Å². The molecule has 0 spiro atoms. The van der Waals surface area contributed by atoms with Gasteiger partial charge >= 0.3 is 0 Å². The van der Waals surface area contributed by atoms with Gasteiger partial charge in [-0.3, -0.25) is 4.79 Å². The van der Waals surface area contributed by atoms with Gasteiger partial charge in [0.15, 0.2) is 0 Å². The van der Waals surface area contributed by atoms with Crippen molar-refractivity contribution in [3.63, 3.8) is 0 Å². The minimum absolute atomic E-state index is 0.0756. The summed E-state index contributed by atoms with van der Waals surface area (Å²) in [5.41, 5.74) is 7.59. The van der Waals surface area contributed by atoms with Crippen LogP contribution in [0.2, 0.25) is 0 Å². The van der Waals surface area contributed by atoms with Crippen LogP contribution in [0.5, 0.6) is 0 Å². The maximum atomic E-state index is 11.8. The molecule has 0 bridgehead atoms. The summed E-state index contributed by atoms with van der Waals surface area (Å²) in [5, 5.41) is 8.97. The summed E-state index contributed by atoms with van der Waals surface area (Å²) in [4.78, 5) is 14.5. The zero-order valence-electron chi connectivity index (χ0n) is 9.88. The Hall–Kier alpha value is -1.04. The summed E-state index contributed by atoms with van der Waals surface area (Å²) in [6.07, 6.45) is 0. The predicted molar refractivity (Wildman–Crippen MR) is 69.2 cm³/mol. The number of aliphatic hydroxyl groups excluding tert-OH is 1. The number of benzene rings is 1. The van der Waals surface area contributed by atoms with Gasteiger partial charge in [-0.2, -0.15) is 0 Å². The number of aliphatic hydroxyl groups is 1. The Kier molecular flexibility index (Phi) is 3.42. The zero-order valence-corrected chi connectivity index (χ0v) is 10.7. The molecule has 2 atom stereocenters. The predicted octanol–water partition coefficient (Wildman–Crippen LogP) is 1.14. The zero-order chi connectivity index (χ0) is 12.6. The first-order valence-corrected chi connectivity index (χ1v) is 6.37. The van der Waals surface area contributed by atoms with Crippen LogP contribution in [0.1, 0.15) is 18.5 Å². The monoisotopic (exact) mass is 252 g/mol. The van der Waals surface area contributed by atoms with Gasteiger partial charge in [-0.1, -0.05) is 6.07 Å². The molecule has 0 aliphatic carbocycles. The fraction of sp³-hybridized carbons (Fsp3) is 0.417. The minimum Gasteiger partial charge on any atom is -0.394 e. The Bertz CT molecular complexity index is 450. The molecule has 5 heteroatoms. The van der Waals surface area contributed by atoms with Crippen LogP contribution in [0, 0.1) is 0 Å². The van der Waals surface area contributed by atoms with Crippen molar-refractivity contribution in [2.75, 3.05) is 18.6 Å². The van der Waals surface area contributed by atoms with Crippen LogP contribution < -0.4 is 10.6 Å². The highest BCUT2D eigenvalue weighted by Crippen LogP contribution is 2.39. The first kappa shape index (κ1) is 12.4. The molecule has 0 fully saturated rings. The van der Waals surface area contributed by atoms with E-state index in [1.807, 2.05) is 25.1 Å². The van der Waals surface area contributed by atoms with Crippen LogP contribution in [0.15, 0.2) is 23.1 Å². The van der Waals surface area contributed by atoms with Crippen molar-refractivity contribution in [1.29, 1.82) is 0 Å². The van der Waals surface area contributed by atoms with Crippen molar-refractivity contribution < 1.29 is 9.90 Å². The van der Waals surface area contributed by atoms with E-state index in [1.165, 1.54) is 11.8 Å². The van der Waals surface area contributed by atoms with Gasteiger partial charge in [0.2, 0.25) is 5.91 Å². The lowest BCUT2D eigenvalue weighted by molar-refractivity contribution is -0.117. The van der Waals surface area contributed by atoms with Crippen LogP contribution >= 0.6 is 11.8 Å². The normalized spacial score (nSPS) is 21.3. The van der Waals surface area contributed by atoms with Gasteiger partial charge in [0.05, 0.1) is 23.6 Å². The average Bonchev–Trinajstić information content (AvgIpc) is 2.34. The quantitative estimate of drug-likeness (QED) is 0.828. The smallest absolute Gasteiger partial charge is 0.239 e. The number of hydrogen-bond acceptors (Lipinski definition) is 4. The number of thioether (sulfide) groups is 1. The Morgan fingerprint density at radius 2 is 2.29 bits per heavy atom. The van der Waals surface area contributed by atoms with Gasteiger partial charge in [-0.15, -0.1) is 11.8 Å². The van der Waals surface area contributed by atoms with E-state index in [1.54, 1.807) is 11.9 Å². The molecule has 0 saturated carbocycles. The summed E-state index contributed by atoms with van der Waals surface area (Å²) < 4.78 is 0. The Morgan fingerprint density at radius 3 is 2.94 bits per heavy atom. The van der Waals surface area contributed by atoms with E-state index >= 15 is 0 Å². The molecule has 2 rings (SSSR count). The molecule has 1 aliphatic heterocycles. The molecular formula is C12H16N2O2S. The van der Waals surface area contributed by atoms with Crippen molar-refractivity contribution in [3.05, 3.63) is 23.8 Å². The summed E-state index contributed by atoms with van der Waals surface area (Å²) in [5.74, 6) is 0.113. The van der Waals surface area contributed by atoms with Gasteiger partial charge in [-0.05, 0) is 24.6 Å². The average molecular weight is 252 g/mol. The molecule has 1 aromatic rings. The SMILES string of the molecule is CC1Sc2cc(C(N)CO)ccc2N(C)C1=O. The van der Waals surface area contributed by atoms with Crippen LogP contribution in [0.3, 0.4) is 0 Å². The first-order chi connectivity index (χ1) is 8.04. The molecule has 2 unspecified atom stereocenters. The summed E-state index contributed by atoms with van der Waals surface area (Å²) in [6.45, 7) is 1.82. The number of fused-ring (bicyclic) bond motifs is 1. The highest BCUT2D eigenvalue weighted by atomic mass is 32.2. The van der Waals surface area contributed by atoms with Gasteiger partial charge in [0.1, 0.15) is 0 Å². The van der Waals surface area contributed by atoms with E-state index in [2.05, 4.69) is 0 Å². The fourth-order valence-electron chi connectivity index (χ4n) is 1.87. The number of nitrogens with zero attached hydrogens (tertiary/aromatic N) is 1. The van der Waals surface area contributed by atoms with E-state index in [9.17, 15) is 4.79 Å². The van der Waals surface area contributed by atoms with Gasteiger partial charge in [0, 0.05) is 11.9 Å². The second-order valence-corrected chi connectivity index (χ2v) is 5.56. The molecule has 1 aliphatic rings. The van der Waals surface area contributed by atoms with E-state index in [0.29, 0.717) is 0 Å². The van der Waals surface area contributed by atoms with Gasteiger partial charge in [-0.25, -0.2) is 0 Å². The number of nitrogens with two attached hydrogens (primary N) is 1. The standard InChI is InChI=1S/C12H16N2O2S/c1-7-12(16)14(2)10-4-3-8(9(13)6-15)5-11(10)17-7/h3-5,7,9,15H,6,13H2,1-2H3. The lowest BCUT2D eigenvalue weighted by Crippen LogP contribution is -2.36. The molecular weight excluding hydrogens is 236 g/mol. The van der Waals surface area contributed by atoms with Crippen molar-refractivity contribution in [2.24, 2.45) is 5.73 Å². The van der Waals surface area contributed by atoms with Crippen LogP contribution in [0.4, 0.5) is 5.69 Å². The molecule has 92 valence electrons. The molecule has 1 aromatic carbocycles. The molecule has 3 N–H and O–H groups in total. The summed E-state index contributed by atoms with van der Waals surface area (Å²) in [7, 11) is 1.78. The molecule has 17 heavy (non-hydrogen) atoms. The molecule has 1 amide bonds. The second-order valence-electron chi connectivity index (χ2n) is 4.17. The maximum absolute atomic E-state index is 11.8. The third-order valence-electron chi connectivity index (χ3n) is 2.95. The second kappa shape index (κ2) is 4.68. The minimum atomic E-state index is -0.362. The Balaban J connectivity index is 2.40. The highest BCUT2D eigenvalue weighted by Gasteiger charge is 2.28. The number of carbonyl (C=O) groups is 1. The topological polar surface area (TPSA) is 66.6 Å². The lowest BCUT2D eigenvalue weighted by Gasteiger charge is -2.29. The number of anilines is 1. The largest absolute Gasteiger partial charge is 0.394 e. The van der Waals surface area contributed by atoms with Crippen LogP contribution in [0.25, 0.3) is 0 Å². The number of amides is 1. The van der Waals surface area contributed by atoms with Crippen molar-refractivity contribution in [3.8, 4) is 0 Å². The third-order valence-corrected chi connectivity index (χ3v) is 4.09. The van der Waals surface area contributed by atoms with Gasteiger partial charge in [0.25, 0.3) is 0 Å². The molecule has 0 saturated heterocycles. The van der Waals surface area contributed by atoms with Crippen LogP contribution in [-0.4, -0.2) is 29.9 Å².